The maximum Gasteiger partial charge on any atom is 0.264 e. The van der Waals surface area contributed by atoms with Crippen molar-refractivity contribution in [3.63, 3.8) is 0 Å². The number of fused-ring (bicyclic) bond motifs is 8. The highest BCUT2D eigenvalue weighted by Gasteiger charge is 2.24. The zero-order valence-electron chi connectivity index (χ0n) is 40.7. The molecule has 0 atom stereocenters. The largest absolute Gasteiger partial charge is 0.496 e. The molecule has 0 heterocycles. The lowest BCUT2D eigenvalue weighted by molar-refractivity contribution is 0.302. The second kappa shape index (κ2) is 26.2. The van der Waals surface area contributed by atoms with Gasteiger partial charge in [0.25, 0.3) is 40.5 Å². The van der Waals surface area contributed by atoms with Gasteiger partial charge in [-0.1, -0.05) is 0 Å². The Balaban J connectivity index is 1.71. The second-order valence-electron chi connectivity index (χ2n) is 17.2. The van der Waals surface area contributed by atoms with Crippen LogP contribution in [0.2, 0.25) is 0 Å². The lowest BCUT2D eigenvalue weighted by Gasteiger charge is -2.22. The molecule has 0 fully saturated rings. The van der Waals surface area contributed by atoms with Crippen molar-refractivity contribution in [3.05, 3.63) is 93.0 Å². The van der Waals surface area contributed by atoms with Crippen molar-refractivity contribution in [1.82, 2.24) is 0 Å². The molecule has 0 saturated heterocycles. The van der Waals surface area contributed by atoms with Crippen molar-refractivity contribution in [2.24, 2.45) is 0 Å². The molecular formula is C48H64O20S4. The van der Waals surface area contributed by atoms with Gasteiger partial charge in [0.2, 0.25) is 0 Å². The van der Waals surface area contributed by atoms with E-state index in [1.807, 2.05) is 24.3 Å². The van der Waals surface area contributed by atoms with E-state index >= 15 is 0 Å². The monoisotopic (exact) mass is 1090 g/mol. The van der Waals surface area contributed by atoms with Gasteiger partial charge in [0.15, 0.2) is 0 Å². The van der Waals surface area contributed by atoms with E-state index in [-0.39, 0.29) is 77.8 Å². The van der Waals surface area contributed by atoms with E-state index in [0.29, 0.717) is 116 Å². The minimum atomic E-state index is -4.18. The van der Waals surface area contributed by atoms with Crippen molar-refractivity contribution in [2.75, 3.05) is 77.9 Å². The SMILES string of the molecule is COc1cc(OCCCCS(=O)(=O)O)c2cc1Cc1cc(c(OC)cc1OCCCCS(=O)(=O)O)Cc1cc(c(OC)cc1OCCCCS(=O)(=O)O)Cc1cc(c(OC)cc1OCCCCS(=O)(=O)O)C2. The number of hydrogen-bond donors (Lipinski definition) is 4. The molecule has 0 saturated carbocycles. The fourth-order valence-electron chi connectivity index (χ4n) is 8.13. The highest BCUT2D eigenvalue weighted by atomic mass is 32.2. The van der Waals surface area contributed by atoms with Gasteiger partial charge in [0.05, 0.1) is 77.9 Å². The van der Waals surface area contributed by atoms with Crippen molar-refractivity contribution in [2.45, 2.75) is 77.0 Å². The van der Waals surface area contributed by atoms with Crippen LogP contribution in [0.4, 0.5) is 0 Å². The standard InChI is InChI=1S/C48H64O20S4/c1-61-41-29-45(65-13-5-9-17-69(49,50)51)37-21-33(41)25-38-22-34(42(62-2)30-46(38)66-14-6-10-18-70(52,53)54)27-40-24-36(44(64-4)32-48(40)68-16-8-12-20-72(58,59)60)28-39-23-35(26-37)43(63-3)31-47(39)67-15-7-11-19-71(55,56)57/h21-24,29-32H,5-20,25-28H2,1-4H3,(H,49,50,51)(H,52,53,54)(H,55,56,57)(H,58,59,60). The average Bonchev–Trinajstić information content (AvgIpc) is 3.29. The molecule has 0 radical (unpaired) electrons. The van der Waals surface area contributed by atoms with E-state index in [1.54, 1.807) is 24.3 Å². The van der Waals surface area contributed by atoms with E-state index in [4.69, 9.17) is 37.9 Å². The minimum absolute atomic E-state index is 0.0988. The Bertz CT molecular complexity index is 2540. The molecule has 0 unspecified atom stereocenters. The smallest absolute Gasteiger partial charge is 0.264 e. The Labute approximate surface area is 422 Å². The summed E-state index contributed by atoms with van der Waals surface area (Å²) in [5.41, 5.74) is 5.58. The van der Waals surface area contributed by atoms with E-state index in [1.165, 1.54) is 28.4 Å². The third-order valence-electron chi connectivity index (χ3n) is 11.6. The fourth-order valence-corrected chi connectivity index (χ4v) is 10.4. The van der Waals surface area contributed by atoms with E-state index in [0.717, 1.165) is 0 Å². The summed E-state index contributed by atoms with van der Waals surface area (Å²) in [5.74, 6) is 1.75. The van der Waals surface area contributed by atoms with Crippen molar-refractivity contribution in [3.8, 4) is 46.0 Å². The van der Waals surface area contributed by atoms with Crippen LogP contribution in [0.25, 0.3) is 0 Å². The average molecular weight is 1090 g/mol. The van der Waals surface area contributed by atoms with E-state index in [9.17, 15) is 51.9 Å². The maximum absolute atomic E-state index is 11.4. The molecule has 0 amide bonds. The van der Waals surface area contributed by atoms with Crippen LogP contribution in [0.1, 0.15) is 95.9 Å². The molecule has 4 aromatic rings. The number of rotatable bonds is 28. The van der Waals surface area contributed by atoms with Gasteiger partial charge in [-0.15, -0.1) is 0 Å². The molecule has 4 aromatic carbocycles. The summed E-state index contributed by atoms with van der Waals surface area (Å²) in [6.45, 7) is 0.395. The number of unbranched alkanes of at least 4 members (excludes halogenated alkanes) is 4. The summed E-state index contributed by atoms with van der Waals surface area (Å²) in [7, 11) is -10.7. The molecular weight excluding hydrogens is 1020 g/mol. The summed E-state index contributed by atoms with van der Waals surface area (Å²) < 4.78 is 178. The Kier molecular flexibility index (Phi) is 21.1. The Morgan fingerprint density at radius 2 is 0.486 bits per heavy atom. The first kappa shape index (κ1) is 57.8. The predicted octanol–water partition coefficient (Wildman–Crippen LogP) is 6.58. The van der Waals surface area contributed by atoms with Crippen molar-refractivity contribution >= 4 is 40.5 Å². The van der Waals surface area contributed by atoms with Gasteiger partial charge in [-0.05, 0) is 120 Å². The molecule has 400 valence electrons. The number of methoxy groups -OCH3 is 4. The van der Waals surface area contributed by atoms with Crippen LogP contribution in [0.5, 0.6) is 46.0 Å². The summed E-state index contributed by atoms with van der Waals surface area (Å²) in [4.78, 5) is 0. The van der Waals surface area contributed by atoms with Gasteiger partial charge in [0.1, 0.15) is 46.0 Å². The van der Waals surface area contributed by atoms with Crippen LogP contribution >= 0.6 is 0 Å². The van der Waals surface area contributed by atoms with Crippen LogP contribution in [-0.2, 0) is 66.2 Å². The van der Waals surface area contributed by atoms with Gasteiger partial charge in [0, 0.05) is 49.9 Å². The summed E-state index contributed by atoms with van der Waals surface area (Å²) in [6.07, 6.45) is 2.67. The van der Waals surface area contributed by atoms with Crippen LogP contribution in [0.3, 0.4) is 0 Å². The van der Waals surface area contributed by atoms with Gasteiger partial charge in [-0.3, -0.25) is 18.2 Å². The topological polar surface area (TPSA) is 291 Å². The summed E-state index contributed by atoms with van der Waals surface area (Å²) in [6, 6.07) is 14.7. The minimum Gasteiger partial charge on any atom is -0.496 e. The van der Waals surface area contributed by atoms with E-state index in [2.05, 4.69) is 0 Å². The Morgan fingerprint density at radius 3 is 0.653 bits per heavy atom. The molecule has 8 bridgehead atoms. The number of benzene rings is 4. The molecule has 0 spiro atoms. The molecule has 24 heteroatoms. The summed E-state index contributed by atoms with van der Waals surface area (Å²) >= 11 is 0. The molecule has 5 rings (SSSR count). The first-order valence-electron chi connectivity index (χ1n) is 23.1. The molecule has 0 aliphatic heterocycles. The molecule has 1 aliphatic carbocycles. The Hall–Kier alpha value is -5.08. The normalized spacial score (nSPS) is 13.0. The Morgan fingerprint density at radius 1 is 0.306 bits per heavy atom. The van der Waals surface area contributed by atoms with Crippen LogP contribution in [-0.4, -0.2) is 130 Å². The van der Waals surface area contributed by atoms with Gasteiger partial charge < -0.3 is 37.9 Å². The zero-order chi connectivity index (χ0) is 52.7. The third-order valence-corrected chi connectivity index (χ3v) is 14.8. The molecule has 20 nitrogen and oxygen atoms in total. The van der Waals surface area contributed by atoms with Gasteiger partial charge in [-0.2, -0.15) is 33.7 Å². The van der Waals surface area contributed by atoms with Crippen molar-refractivity contribution in [1.29, 1.82) is 0 Å². The molecule has 4 N–H and O–H groups in total. The first-order valence-corrected chi connectivity index (χ1v) is 29.5. The second-order valence-corrected chi connectivity index (χ2v) is 23.4. The molecule has 72 heavy (non-hydrogen) atoms. The highest BCUT2D eigenvalue weighted by Crippen LogP contribution is 2.42. The quantitative estimate of drug-likeness (QED) is 0.0304. The van der Waals surface area contributed by atoms with Crippen LogP contribution in [0, 0.1) is 0 Å². The number of ether oxygens (including phenoxy) is 8. The zero-order valence-corrected chi connectivity index (χ0v) is 44.0. The lowest BCUT2D eigenvalue weighted by atomic mass is 9.91. The fraction of sp³-hybridized carbons (Fsp3) is 0.500. The van der Waals surface area contributed by atoms with Gasteiger partial charge in [-0.25, -0.2) is 0 Å². The third kappa shape index (κ3) is 18.8. The molecule has 0 aromatic heterocycles. The van der Waals surface area contributed by atoms with Crippen LogP contribution in [0.15, 0.2) is 48.5 Å². The van der Waals surface area contributed by atoms with Crippen molar-refractivity contribution < 1.29 is 89.8 Å². The predicted molar refractivity (Wildman–Crippen MR) is 268 cm³/mol. The first-order chi connectivity index (χ1) is 34.0. The number of hydrogen-bond acceptors (Lipinski definition) is 16. The van der Waals surface area contributed by atoms with Gasteiger partial charge >= 0.3 is 0 Å². The maximum atomic E-state index is 11.4. The van der Waals surface area contributed by atoms with E-state index < -0.39 is 63.5 Å². The van der Waals surface area contributed by atoms with Crippen LogP contribution < -0.4 is 37.9 Å². The summed E-state index contributed by atoms with van der Waals surface area (Å²) in [5, 5.41) is 0. The highest BCUT2D eigenvalue weighted by molar-refractivity contribution is 7.86. The lowest BCUT2D eigenvalue weighted by Crippen LogP contribution is -2.10. The molecule has 1 aliphatic rings.